The summed E-state index contributed by atoms with van der Waals surface area (Å²) in [5.74, 6) is -0.623. The highest BCUT2D eigenvalue weighted by Crippen LogP contribution is 2.26. The zero-order valence-corrected chi connectivity index (χ0v) is 25.3. The molecule has 242 valence electrons. The van der Waals surface area contributed by atoms with Crippen LogP contribution in [0, 0.1) is 0 Å². The first-order valence-corrected chi connectivity index (χ1v) is 14.5. The van der Waals surface area contributed by atoms with Gasteiger partial charge in [-0.2, -0.15) is 13.2 Å². The molecule has 3 aromatic carbocycles. The van der Waals surface area contributed by atoms with Gasteiger partial charge in [-0.25, -0.2) is 4.79 Å². The smallest absolute Gasteiger partial charge is 0.490 e. The summed E-state index contributed by atoms with van der Waals surface area (Å²) in [6.07, 6.45) is -0.993. The van der Waals surface area contributed by atoms with Crippen molar-refractivity contribution in [2.45, 2.75) is 51.0 Å². The summed E-state index contributed by atoms with van der Waals surface area (Å²) in [5, 5.41) is 20.7. The quantitative estimate of drug-likeness (QED) is 0.160. The first kappa shape index (κ1) is 33.7. The Kier molecular flexibility index (Phi) is 11.2. The van der Waals surface area contributed by atoms with Gasteiger partial charge in [-0.3, -0.25) is 4.79 Å². The number of carboxylic acid groups (broad SMARTS) is 1. The molecule has 0 bridgehead atoms. The largest absolute Gasteiger partial charge is 0.497 e. The van der Waals surface area contributed by atoms with Gasteiger partial charge in [-0.1, -0.05) is 60.7 Å². The Morgan fingerprint density at radius 2 is 1.63 bits per heavy atom. The van der Waals surface area contributed by atoms with E-state index >= 15 is 0 Å². The van der Waals surface area contributed by atoms with Crippen molar-refractivity contribution in [3.8, 4) is 5.75 Å². The average molecular weight is 637 g/mol. The normalized spacial score (nSPS) is 12.6. The van der Waals surface area contributed by atoms with Gasteiger partial charge in [0.25, 0.3) is 0 Å². The summed E-state index contributed by atoms with van der Waals surface area (Å²) >= 11 is 0. The van der Waals surface area contributed by atoms with E-state index in [-0.39, 0.29) is 5.91 Å². The summed E-state index contributed by atoms with van der Waals surface area (Å²) < 4.78 is 39.2. The number of H-pyrrole nitrogens is 1. The van der Waals surface area contributed by atoms with E-state index in [1.165, 1.54) is 5.56 Å². The number of carboxylic acids is 1. The number of hydrogen-bond donors (Lipinski definition) is 4. The fourth-order valence-electron chi connectivity index (χ4n) is 4.81. The van der Waals surface area contributed by atoms with Crippen LogP contribution in [-0.4, -0.2) is 56.1 Å². The molecule has 0 radical (unpaired) electrons. The average Bonchev–Trinajstić information content (AvgIpc) is 3.64. The molecule has 2 aromatic heterocycles. The van der Waals surface area contributed by atoms with E-state index in [1.54, 1.807) is 14.0 Å². The maximum absolute atomic E-state index is 12.9. The van der Waals surface area contributed by atoms with Crippen LogP contribution in [0.4, 0.5) is 13.2 Å². The summed E-state index contributed by atoms with van der Waals surface area (Å²) in [6, 6.07) is 25.4. The van der Waals surface area contributed by atoms with Crippen molar-refractivity contribution in [3.05, 3.63) is 113 Å². The number of alkyl halides is 3. The molecule has 5 N–H and O–H groups in total. The number of amides is 1. The number of carbonyl (C=O) groups is 2. The SMILES string of the molecule is COc1ccc(Cn2c(CCc3ccccc3)nnc2[C@@H](Cc2c[nH]c3ccccc23)NC(=O)[C@H](C)N)cc1.O=C(O)C(F)(F)F. The molecular weight excluding hydrogens is 601 g/mol. The van der Waals surface area contributed by atoms with E-state index in [9.17, 15) is 18.0 Å². The Morgan fingerprint density at radius 3 is 2.26 bits per heavy atom. The Morgan fingerprint density at radius 1 is 0.978 bits per heavy atom. The molecule has 2 atom stereocenters. The Hall–Kier alpha value is -5.17. The number of nitrogens with zero attached hydrogens (tertiary/aromatic N) is 3. The molecule has 5 aromatic rings. The lowest BCUT2D eigenvalue weighted by molar-refractivity contribution is -0.192. The lowest BCUT2D eigenvalue weighted by Gasteiger charge is -2.21. The van der Waals surface area contributed by atoms with Gasteiger partial charge in [0.15, 0.2) is 5.82 Å². The molecule has 2 heterocycles. The van der Waals surface area contributed by atoms with Gasteiger partial charge in [0.1, 0.15) is 11.6 Å². The topological polar surface area (TPSA) is 148 Å². The third kappa shape index (κ3) is 8.94. The second-order valence-corrected chi connectivity index (χ2v) is 10.6. The van der Waals surface area contributed by atoms with E-state index in [0.717, 1.165) is 40.0 Å². The zero-order chi connectivity index (χ0) is 33.3. The molecule has 0 unspecified atom stereocenters. The molecule has 46 heavy (non-hydrogen) atoms. The van der Waals surface area contributed by atoms with E-state index in [2.05, 4.69) is 43.3 Å². The zero-order valence-electron chi connectivity index (χ0n) is 25.3. The highest BCUT2D eigenvalue weighted by Gasteiger charge is 2.38. The highest BCUT2D eigenvalue weighted by atomic mass is 19.4. The van der Waals surface area contributed by atoms with E-state index in [4.69, 9.17) is 20.4 Å². The van der Waals surface area contributed by atoms with Gasteiger partial charge in [-0.05, 0) is 48.2 Å². The summed E-state index contributed by atoms with van der Waals surface area (Å²) in [5.41, 5.74) is 10.4. The molecule has 0 aliphatic heterocycles. The fraction of sp³-hybridized carbons (Fsp3) is 0.273. The third-order valence-corrected chi connectivity index (χ3v) is 7.22. The van der Waals surface area contributed by atoms with Crippen LogP contribution in [0.5, 0.6) is 5.75 Å². The van der Waals surface area contributed by atoms with Crippen LogP contribution in [-0.2, 0) is 35.4 Å². The molecule has 0 fully saturated rings. The Labute approximate surface area is 263 Å². The molecule has 5 rings (SSSR count). The van der Waals surface area contributed by atoms with E-state index < -0.39 is 24.2 Å². The predicted molar refractivity (Wildman–Crippen MR) is 166 cm³/mol. The van der Waals surface area contributed by atoms with Crippen molar-refractivity contribution in [1.82, 2.24) is 25.1 Å². The van der Waals surface area contributed by atoms with Gasteiger partial charge in [0.05, 0.1) is 25.7 Å². The van der Waals surface area contributed by atoms with Crippen LogP contribution < -0.4 is 15.8 Å². The van der Waals surface area contributed by atoms with Crippen molar-refractivity contribution in [2.24, 2.45) is 5.73 Å². The van der Waals surface area contributed by atoms with Gasteiger partial charge >= 0.3 is 12.1 Å². The number of aromatic nitrogens is 4. The second kappa shape index (κ2) is 15.2. The number of benzene rings is 3. The number of halogens is 3. The lowest BCUT2D eigenvalue weighted by atomic mass is 10.0. The number of ether oxygens (including phenoxy) is 1. The number of para-hydroxylation sites is 1. The van der Waals surface area contributed by atoms with Crippen LogP contribution in [0.2, 0.25) is 0 Å². The van der Waals surface area contributed by atoms with Gasteiger partial charge in [0, 0.05) is 29.9 Å². The minimum Gasteiger partial charge on any atom is -0.497 e. The van der Waals surface area contributed by atoms with Crippen LogP contribution in [0.1, 0.15) is 41.3 Å². The Balaban J connectivity index is 0.000000617. The van der Waals surface area contributed by atoms with Crippen molar-refractivity contribution < 1.29 is 32.6 Å². The number of aromatic amines is 1. The number of rotatable bonds is 11. The summed E-state index contributed by atoms with van der Waals surface area (Å²) in [7, 11) is 1.66. The molecule has 0 aliphatic carbocycles. The standard InChI is InChI=1S/C31H34N6O2.C2HF3O2/c1-21(32)31(38)34-28(18-24-19-33-27-11-7-6-10-26(24)27)30-36-35-29(17-14-22-8-4-3-5-9-22)37(30)20-23-12-15-25(39-2)16-13-23;3-2(4,5)1(6)7/h3-13,15-16,19,21,28,33H,14,17-18,20,32H2,1-2H3,(H,34,38);(H,6,7)/t21-,28+;/m0./s1. The van der Waals surface area contributed by atoms with Gasteiger partial charge in [0.2, 0.25) is 5.91 Å². The molecular formula is C33H35F3N6O4. The molecule has 0 saturated heterocycles. The highest BCUT2D eigenvalue weighted by molar-refractivity contribution is 5.84. The molecule has 1 amide bonds. The van der Waals surface area contributed by atoms with Crippen LogP contribution in [0.25, 0.3) is 10.9 Å². The molecule has 13 heteroatoms. The first-order valence-electron chi connectivity index (χ1n) is 14.5. The minimum absolute atomic E-state index is 0.232. The van der Waals surface area contributed by atoms with Gasteiger partial charge < -0.3 is 30.4 Å². The molecule has 10 nitrogen and oxygen atoms in total. The number of fused-ring (bicyclic) bond motifs is 1. The van der Waals surface area contributed by atoms with Crippen LogP contribution >= 0.6 is 0 Å². The fourth-order valence-corrected chi connectivity index (χ4v) is 4.81. The number of aryl methyl sites for hydroxylation is 2. The second-order valence-electron chi connectivity index (χ2n) is 10.6. The molecule has 0 aliphatic rings. The molecule has 0 saturated carbocycles. The number of methoxy groups -OCH3 is 1. The minimum atomic E-state index is -5.08. The maximum Gasteiger partial charge on any atom is 0.490 e. The van der Waals surface area contributed by atoms with E-state index in [0.29, 0.717) is 25.2 Å². The van der Waals surface area contributed by atoms with E-state index in [1.807, 2.05) is 66.9 Å². The van der Waals surface area contributed by atoms with Crippen LogP contribution in [0.3, 0.4) is 0 Å². The lowest BCUT2D eigenvalue weighted by Crippen LogP contribution is -2.41. The first-order chi connectivity index (χ1) is 22.0. The summed E-state index contributed by atoms with van der Waals surface area (Å²) in [6.45, 7) is 2.25. The number of aliphatic carboxylic acids is 1. The van der Waals surface area contributed by atoms with Crippen molar-refractivity contribution in [1.29, 1.82) is 0 Å². The van der Waals surface area contributed by atoms with Crippen molar-refractivity contribution in [3.63, 3.8) is 0 Å². The third-order valence-electron chi connectivity index (χ3n) is 7.22. The molecule has 0 spiro atoms. The van der Waals surface area contributed by atoms with Crippen molar-refractivity contribution >= 4 is 22.8 Å². The maximum atomic E-state index is 12.9. The van der Waals surface area contributed by atoms with Crippen molar-refractivity contribution in [2.75, 3.05) is 7.11 Å². The van der Waals surface area contributed by atoms with Crippen LogP contribution in [0.15, 0.2) is 85.1 Å². The predicted octanol–water partition coefficient (Wildman–Crippen LogP) is 4.98. The number of carbonyl (C=O) groups excluding carboxylic acids is 1. The van der Waals surface area contributed by atoms with Gasteiger partial charge in [-0.15, -0.1) is 10.2 Å². The number of nitrogens with one attached hydrogen (secondary N) is 2. The Bertz CT molecular complexity index is 1730. The number of nitrogens with two attached hydrogens (primary N) is 1. The number of hydrogen-bond acceptors (Lipinski definition) is 6. The summed E-state index contributed by atoms with van der Waals surface area (Å²) in [4.78, 5) is 25.1. The monoisotopic (exact) mass is 636 g/mol.